The van der Waals surface area contributed by atoms with Gasteiger partial charge in [0, 0.05) is 12.1 Å². The first-order chi connectivity index (χ1) is 8.16. The lowest BCUT2D eigenvalue weighted by molar-refractivity contribution is 0.0691. The Morgan fingerprint density at radius 1 is 1.59 bits per heavy atom. The molecule has 6 nitrogen and oxygen atoms in total. The van der Waals surface area contributed by atoms with Crippen LogP contribution in [0.1, 0.15) is 16.2 Å². The van der Waals surface area contributed by atoms with E-state index in [2.05, 4.69) is 20.0 Å². The number of rotatable bonds is 4. The molecule has 2 heterocycles. The van der Waals surface area contributed by atoms with Crippen LogP contribution in [0.15, 0.2) is 29.1 Å². The van der Waals surface area contributed by atoms with Crippen molar-refractivity contribution >= 4 is 11.7 Å². The minimum atomic E-state index is -1.23. The summed E-state index contributed by atoms with van der Waals surface area (Å²) in [4.78, 5) is 14.3. The van der Waals surface area contributed by atoms with Crippen LogP contribution in [-0.4, -0.2) is 21.2 Å². The lowest BCUT2D eigenvalue weighted by Crippen LogP contribution is -2.09. The Labute approximate surface area is 95.1 Å². The lowest BCUT2D eigenvalue weighted by atomic mass is 10.3. The second kappa shape index (κ2) is 4.60. The van der Waals surface area contributed by atoms with Gasteiger partial charge in [0.25, 0.3) is 0 Å². The summed E-state index contributed by atoms with van der Waals surface area (Å²) >= 11 is 0. The summed E-state index contributed by atoms with van der Waals surface area (Å²) in [7, 11) is 0. The predicted molar refractivity (Wildman–Crippen MR) is 55.0 cm³/mol. The van der Waals surface area contributed by atoms with E-state index in [1.54, 1.807) is 6.07 Å². The third-order valence-electron chi connectivity index (χ3n) is 2.01. The fraction of sp³-hybridized carbons (Fsp3) is 0.100. The standard InChI is InChI=1S/C10H8FN3O3/c11-6-3-8(9(10(15)16)13-4-6)12-5-7-1-2-17-14-7/h1-4,12H,5H2,(H,15,16). The monoisotopic (exact) mass is 237 g/mol. The first-order valence-electron chi connectivity index (χ1n) is 4.69. The summed E-state index contributed by atoms with van der Waals surface area (Å²) in [5, 5.41) is 15.2. The van der Waals surface area contributed by atoms with E-state index in [-0.39, 0.29) is 17.9 Å². The van der Waals surface area contributed by atoms with Crippen LogP contribution in [0, 0.1) is 5.82 Å². The van der Waals surface area contributed by atoms with Gasteiger partial charge in [0.15, 0.2) is 5.69 Å². The van der Waals surface area contributed by atoms with Gasteiger partial charge in [-0.3, -0.25) is 0 Å². The lowest BCUT2D eigenvalue weighted by Gasteiger charge is -2.06. The largest absolute Gasteiger partial charge is 0.476 e. The van der Waals surface area contributed by atoms with Crippen LogP contribution >= 0.6 is 0 Å². The topological polar surface area (TPSA) is 88.2 Å². The van der Waals surface area contributed by atoms with Crippen molar-refractivity contribution in [2.24, 2.45) is 0 Å². The predicted octanol–water partition coefficient (Wildman–Crippen LogP) is 1.52. The van der Waals surface area contributed by atoms with E-state index >= 15 is 0 Å². The Kier molecular flexibility index (Phi) is 2.99. The number of halogens is 1. The van der Waals surface area contributed by atoms with E-state index < -0.39 is 11.8 Å². The van der Waals surface area contributed by atoms with Crippen molar-refractivity contribution in [1.29, 1.82) is 0 Å². The summed E-state index contributed by atoms with van der Waals surface area (Å²) < 4.78 is 17.6. The first-order valence-corrected chi connectivity index (χ1v) is 4.69. The van der Waals surface area contributed by atoms with Crippen LogP contribution in [0.3, 0.4) is 0 Å². The summed E-state index contributed by atoms with van der Waals surface area (Å²) in [6.45, 7) is 0.224. The number of nitrogens with one attached hydrogen (secondary N) is 1. The molecule has 0 aliphatic heterocycles. The SMILES string of the molecule is O=C(O)c1ncc(F)cc1NCc1ccon1. The van der Waals surface area contributed by atoms with Crippen LogP contribution in [0.2, 0.25) is 0 Å². The second-order valence-electron chi connectivity index (χ2n) is 3.20. The van der Waals surface area contributed by atoms with Crippen LogP contribution in [-0.2, 0) is 6.54 Å². The van der Waals surface area contributed by atoms with Crippen LogP contribution in [0.25, 0.3) is 0 Å². The van der Waals surface area contributed by atoms with E-state index in [0.717, 1.165) is 12.3 Å². The molecule has 0 aliphatic rings. The van der Waals surface area contributed by atoms with Crippen LogP contribution in [0.4, 0.5) is 10.1 Å². The van der Waals surface area contributed by atoms with Crippen LogP contribution < -0.4 is 5.32 Å². The van der Waals surface area contributed by atoms with Gasteiger partial charge in [-0.2, -0.15) is 0 Å². The zero-order chi connectivity index (χ0) is 12.3. The van der Waals surface area contributed by atoms with Gasteiger partial charge in [0.05, 0.1) is 18.4 Å². The number of carboxylic acids is 1. The van der Waals surface area contributed by atoms with E-state index in [1.807, 2.05) is 0 Å². The molecule has 2 aromatic rings. The molecule has 0 unspecified atom stereocenters. The molecule has 2 rings (SSSR count). The van der Waals surface area contributed by atoms with Crippen molar-refractivity contribution in [3.05, 3.63) is 41.8 Å². The van der Waals surface area contributed by atoms with Crippen molar-refractivity contribution in [2.45, 2.75) is 6.54 Å². The molecule has 17 heavy (non-hydrogen) atoms. The molecule has 0 aliphatic carbocycles. The molecule has 0 saturated carbocycles. The molecule has 0 spiro atoms. The zero-order valence-electron chi connectivity index (χ0n) is 8.55. The Morgan fingerprint density at radius 2 is 2.41 bits per heavy atom. The fourth-order valence-electron chi connectivity index (χ4n) is 1.26. The molecular formula is C10H8FN3O3. The molecular weight excluding hydrogens is 229 g/mol. The average molecular weight is 237 g/mol. The number of carboxylic acid groups (broad SMARTS) is 1. The van der Waals surface area contributed by atoms with Gasteiger partial charge >= 0.3 is 5.97 Å². The number of carbonyl (C=O) groups is 1. The summed E-state index contributed by atoms with van der Waals surface area (Å²) in [6.07, 6.45) is 2.24. The Hall–Kier alpha value is -2.44. The highest BCUT2D eigenvalue weighted by molar-refractivity contribution is 5.91. The highest BCUT2D eigenvalue weighted by atomic mass is 19.1. The van der Waals surface area contributed by atoms with Gasteiger partial charge in [-0.1, -0.05) is 5.16 Å². The van der Waals surface area contributed by atoms with Gasteiger partial charge < -0.3 is 14.9 Å². The Morgan fingerprint density at radius 3 is 3.06 bits per heavy atom. The van der Waals surface area contributed by atoms with Gasteiger partial charge in [-0.15, -0.1) is 0 Å². The molecule has 0 saturated heterocycles. The normalized spacial score (nSPS) is 10.2. The maximum absolute atomic E-state index is 12.9. The molecule has 0 atom stereocenters. The van der Waals surface area contributed by atoms with Crippen molar-refractivity contribution in [1.82, 2.24) is 10.1 Å². The number of pyridine rings is 1. The van der Waals surface area contributed by atoms with E-state index in [0.29, 0.717) is 5.69 Å². The fourth-order valence-corrected chi connectivity index (χ4v) is 1.26. The number of aromatic nitrogens is 2. The first kappa shape index (κ1) is 11.1. The molecule has 2 aromatic heterocycles. The quantitative estimate of drug-likeness (QED) is 0.838. The van der Waals surface area contributed by atoms with Crippen molar-refractivity contribution in [3.8, 4) is 0 Å². The number of anilines is 1. The smallest absolute Gasteiger partial charge is 0.356 e. The minimum Gasteiger partial charge on any atom is -0.476 e. The van der Waals surface area contributed by atoms with Crippen molar-refractivity contribution in [3.63, 3.8) is 0 Å². The van der Waals surface area contributed by atoms with Gasteiger partial charge in [0.1, 0.15) is 17.8 Å². The maximum atomic E-state index is 12.9. The third kappa shape index (κ3) is 2.57. The van der Waals surface area contributed by atoms with Gasteiger partial charge in [0.2, 0.25) is 0 Å². The number of hydrogen-bond acceptors (Lipinski definition) is 5. The van der Waals surface area contributed by atoms with E-state index in [1.165, 1.54) is 6.26 Å². The number of nitrogens with zero attached hydrogens (tertiary/aromatic N) is 2. The second-order valence-corrected chi connectivity index (χ2v) is 3.20. The summed E-state index contributed by atoms with van der Waals surface area (Å²) in [5.74, 6) is -1.84. The minimum absolute atomic E-state index is 0.0977. The van der Waals surface area contributed by atoms with Crippen LogP contribution in [0.5, 0.6) is 0 Å². The molecule has 0 bridgehead atoms. The summed E-state index contributed by atoms with van der Waals surface area (Å²) in [6, 6.07) is 2.68. The molecule has 0 radical (unpaired) electrons. The zero-order valence-corrected chi connectivity index (χ0v) is 8.55. The highest BCUT2D eigenvalue weighted by Crippen LogP contribution is 2.15. The molecule has 0 aromatic carbocycles. The Bertz CT molecular complexity index is 528. The number of hydrogen-bond donors (Lipinski definition) is 2. The molecule has 2 N–H and O–H groups in total. The van der Waals surface area contributed by atoms with E-state index in [9.17, 15) is 9.18 Å². The number of aromatic carboxylic acids is 1. The Balaban J connectivity index is 2.19. The molecule has 0 amide bonds. The maximum Gasteiger partial charge on any atom is 0.356 e. The van der Waals surface area contributed by atoms with E-state index in [4.69, 9.17) is 5.11 Å². The molecule has 7 heteroatoms. The van der Waals surface area contributed by atoms with Gasteiger partial charge in [-0.05, 0) is 0 Å². The average Bonchev–Trinajstić information content (AvgIpc) is 2.78. The molecule has 88 valence electrons. The van der Waals surface area contributed by atoms with Gasteiger partial charge in [-0.25, -0.2) is 14.2 Å². The molecule has 0 fully saturated rings. The van der Waals surface area contributed by atoms with Crippen molar-refractivity contribution in [2.75, 3.05) is 5.32 Å². The van der Waals surface area contributed by atoms with Crippen molar-refractivity contribution < 1.29 is 18.8 Å². The third-order valence-corrected chi connectivity index (χ3v) is 2.01. The highest BCUT2D eigenvalue weighted by Gasteiger charge is 2.12. The summed E-state index contributed by atoms with van der Waals surface area (Å²) in [5.41, 5.74) is 0.431.